The summed E-state index contributed by atoms with van der Waals surface area (Å²) in [6, 6.07) is 7.47. The van der Waals surface area contributed by atoms with Crippen molar-refractivity contribution in [2.45, 2.75) is 12.5 Å². The molecule has 0 aliphatic carbocycles. The molecule has 1 aromatic carbocycles. The Morgan fingerprint density at radius 1 is 1.19 bits per heavy atom. The topological polar surface area (TPSA) is 111 Å². The van der Waals surface area contributed by atoms with Crippen molar-refractivity contribution in [3.63, 3.8) is 0 Å². The Morgan fingerprint density at radius 3 is 2.63 bits per heavy atom. The van der Waals surface area contributed by atoms with Crippen LogP contribution in [0.1, 0.15) is 18.3 Å². The zero-order valence-electron chi connectivity index (χ0n) is 15.2. The lowest BCUT2D eigenvalue weighted by molar-refractivity contribution is 0.190. The molecule has 0 spiro atoms. The monoisotopic (exact) mass is 388 g/mol. The largest absolute Gasteiger partial charge is 0.324 e. The molecule has 1 N–H and O–H groups in total. The van der Waals surface area contributed by atoms with Crippen LogP contribution >= 0.6 is 0 Å². The summed E-state index contributed by atoms with van der Waals surface area (Å²) in [6.07, 6.45) is 3.80. The minimum Gasteiger partial charge on any atom is -0.324 e. The molecule has 4 rings (SSSR count). The Labute approximate surface area is 156 Å². The Balaban J connectivity index is 1.57. The average molecular weight is 388 g/mol. The van der Waals surface area contributed by atoms with Gasteiger partial charge in [0.2, 0.25) is 16.0 Å². The quantitative estimate of drug-likeness (QED) is 0.696. The van der Waals surface area contributed by atoms with Crippen LogP contribution < -0.4 is 5.32 Å². The Morgan fingerprint density at radius 2 is 2.00 bits per heavy atom. The Bertz CT molecular complexity index is 1090. The molecule has 0 amide bonds. The van der Waals surface area contributed by atoms with Gasteiger partial charge in [-0.1, -0.05) is 17.3 Å². The first-order valence-corrected chi connectivity index (χ1v) is 10.3. The van der Waals surface area contributed by atoms with Crippen LogP contribution in [0.25, 0.3) is 11.3 Å². The SMILES string of the molecule is Cn1cc(-c2cccc(Nc3nnc(C4CCN4S(C)(=O)=O)n3C)c2)nn1. The molecule has 142 valence electrons. The van der Waals surface area contributed by atoms with Crippen LogP contribution in [0.2, 0.25) is 0 Å². The molecule has 1 unspecified atom stereocenters. The molecular formula is C16H20N8O2S. The van der Waals surface area contributed by atoms with Crippen LogP contribution in [0.15, 0.2) is 30.5 Å². The molecule has 1 aliphatic rings. The van der Waals surface area contributed by atoms with Crippen molar-refractivity contribution in [1.29, 1.82) is 0 Å². The highest BCUT2D eigenvalue weighted by Gasteiger charge is 2.39. The van der Waals surface area contributed by atoms with Gasteiger partial charge in [-0.2, -0.15) is 4.31 Å². The van der Waals surface area contributed by atoms with E-state index in [-0.39, 0.29) is 6.04 Å². The summed E-state index contributed by atoms with van der Waals surface area (Å²) in [5.41, 5.74) is 2.53. The van der Waals surface area contributed by atoms with E-state index in [0.29, 0.717) is 18.3 Å². The zero-order chi connectivity index (χ0) is 19.2. The molecule has 1 aliphatic heterocycles. The maximum Gasteiger partial charge on any atom is 0.228 e. The molecule has 0 radical (unpaired) electrons. The fourth-order valence-corrected chi connectivity index (χ4v) is 4.22. The van der Waals surface area contributed by atoms with E-state index in [4.69, 9.17) is 0 Å². The van der Waals surface area contributed by atoms with Crippen LogP contribution in [0.5, 0.6) is 0 Å². The highest BCUT2D eigenvalue weighted by molar-refractivity contribution is 7.88. The number of hydrogen-bond acceptors (Lipinski definition) is 7. The minimum absolute atomic E-state index is 0.265. The highest BCUT2D eigenvalue weighted by atomic mass is 32.2. The molecule has 0 bridgehead atoms. The van der Waals surface area contributed by atoms with Crippen LogP contribution in [-0.2, 0) is 24.1 Å². The van der Waals surface area contributed by atoms with Gasteiger partial charge in [0.25, 0.3) is 0 Å². The summed E-state index contributed by atoms with van der Waals surface area (Å²) in [6.45, 7) is 0.513. The number of aryl methyl sites for hydroxylation is 1. The smallest absolute Gasteiger partial charge is 0.228 e. The van der Waals surface area contributed by atoms with E-state index in [2.05, 4.69) is 25.8 Å². The van der Waals surface area contributed by atoms with Gasteiger partial charge in [-0.15, -0.1) is 15.3 Å². The van der Waals surface area contributed by atoms with E-state index in [0.717, 1.165) is 23.4 Å². The van der Waals surface area contributed by atoms with Gasteiger partial charge >= 0.3 is 0 Å². The zero-order valence-corrected chi connectivity index (χ0v) is 16.1. The first-order chi connectivity index (χ1) is 12.8. The maximum absolute atomic E-state index is 11.8. The van der Waals surface area contributed by atoms with Gasteiger partial charge in [-0.05, 0) is 18.6 Å². The number of aromatic nitrogens is 6. The number of hydrogen-bond donors (Lipinski definition) is 1. The van der Waals surface area contributed by atoms with Crippen molar-refractivity contribution >= 4 is 21.7 Å². The third-order valence-electron chi connectivity index (χ3n) is 4.62. The third-order valence-corrected chi connectivity index (χ3v) is 5.91. The van der Waals surface area contributed by atoms with E-state index in [9.17, 15) is 8.42 Å². The van der Waals surface area contributed by atoms with Crippen molar-refractivity contribution in [3.05, 3.63) is 36.3 Å². The molecule has 0 saturated carbocycles. The van der Waals surface area contributed by atoms with Crippen molar-refractivity contribution < 1.29 is 8.42 Å². The number of benzene rings is 1. The van der Waals surface area contributed by atoms with E-state index in [1.54, 1.807) is 9.25 Å². The molecule has 10 nitrogen and oxygen atoms in total. The van der Waals surface area contributed by atoms with Crippen LogP contribution in [0, 0.1) is 0 Å². The van der Waals surface area contributed by atoms with E-state index >= 15 is 0 Å². The Hall–Kier alpha value is -2.79. The fraction of sp³-hybridized carbons (Fsp3) is 0.375. The van der Waals surface area contributed by atoms with Crippen molar-refractivity contribution in [2.75, 3.05) is 18.1 Å². The van der Waals surface area contributed by atoms with E-state index in [1.807, 2.05) is 44.6 Å². The van der Waals surface area contributed by atoms with E-state index < -0.39 is 10.0 Å². The predicted molar refractivity (Wildman–Crippen MR) is 99.6 cm³/mol. The van der Waals surface area contributed by atoms with Crippen LogP contribution in [0.4, 0.5) is 11.6 Å². The average Bonchev–Trinajstić information content (AvgIpc) is 3.14. The number of nitrogens with one attached hydrogen (secondary N) is 1. The summed E-state index contributed by atoms with van der Waals surface area (Å²) >= 11 is 0. The van der Waals surface area contributed by atoms with Crippen molar-refractivity contribution in [1.82, 2.24) is 34.1 Å². The van der Waals surface area contributed by atoms with Gasteiger partial charge in [-0.25, -0.2) is 8.42 Å². The summed E-state index contributed by atoms with van der Waals surface area (Å²) in [7, 11) is 0.395. The van der Waals surface area contributed by atoms with Gasteiger partial charge in [-0.3, -0.25) is 9.25 Å². The second kappa shape index (κ2) is 6.43. The number of rotatable bonds is 5. The molecule has 1 saturated heterocycles. The Kier molecular flexibility index (Phi) is 4.19. The van der Waals surface area contributed by atoms with Gasteiger partial charge < -0.3 is 5.32 Å². The third kappa shape index (κ3) is 3.30. The highest BCUT2D eigenvalue weighted by Crippen LogP contribution is 2.35. The second-order valence-corrected chi connectivity index (χ2v) is 8.54. The number of sulfonamides is 1. The molecule has 11 heteroatoms. The number of nitrogens with zero attached hydrogens (tertiary/aromatic N) is 7. The summed E-state index contributed by atoms with van der Waals surface area (Å²) in [5.74, 6) is 1.17. The molecule has 27 heavy (non-hydrogen) atoms. The molecule has 3 aromatic rings. The molecule has 1 atom stereocenters. The maximum atomic E-state index is 11.8. The first kappa shape index (κ1) is 17.6. The van der Waals surface area contributed by atoms with Gasteiger partial charge in [0.15, 0.2) is 5.82 Å². The predicted octanol–water partition coefficient (Wildman–Crippen LogP) is 1.06. The normalized spacial score (nSPS) is 17.7. The van der Waals surface area contributed by atoms with Crippen LogP contribution in [-0.4, -0.2) is 55.3 Å². The fourth-order valence-electron chi connectivity index (χ4n) is 3.12. The number of anilines is 2. The minimum atomic E-state index is -3.25. The van der Waals surface area contributed by atoms with Gasteiger partial charge in [0, 0.05) is 31.9 Å². The van der Waals surface area contributed by atoms with Crippen molar-refractivity contribution in [2.24, 2.45) is 14.1 Å². The van der Waals surface area contributed by atoms with E-state index in [1.165, 1.54) is 10.6 Å². The lowest BCUT2D eigenvalue weighted by Crippen LogP contribution is -2.45. The second-order valence-electron chi connectivity index (χ2n) is 6.60. The van der Waals surface area contributed by atoms with Gasteiger partial charge in [0.05, 0.1) is 18.5 Å². The summed E-state index contributed by atoms with van der Waals surface area (Å²) in [5, 5.41) is 19.7. The lowest BCUT2D eigenvalue weighted by atomic mass is 10.1. The molecule has 3 heterocycles. The van der Waals surface area contributed by atoms with Gasteiger partial charge in [0.1, 0.15) is 5.69 Å². The molecule has 1 fully saturated rings. The lowest BCUT2D eigenvalue weighted by Gasteiger charge is -2.37. The van der Waals surface area contributed by atoms with Crippen molar-refractivity contribution in [3.8, 4) is 11.3 Å². The van der Waals surface area contributed by atoms with Crippen LogP contribution in [0.3, 0.4) is 0 Å². The molecular weight excluding hydrogens is 368 g/mol. The molecule has 2 aromatic heterocycles. The standard InChI is InChI=1S/C16H20N8O2S/c1-22-10-13(18-21-22)11-5-4-6-12(9-11)17-16-20-19-15(23(16)2)14-7-8-24(14)27(3,25)26/h4-6,9-10,14H,7-8H2,1-3H3,(H,17,20). The summed E-state index contributed by atoms with van der Waals surface area (Å²) < 4.78 is 28.5. The summed E-state index contributed by atoms with van der Waals surface area (Å²) in [4.78, 5) is 0. The first-order valence-electron chi connectivity index (χ1n) is 8.43.